The van der Waals surface area contributed by atoms with Crippen molar-refractivity contribution in [1.29, 1.82) is 0 Å². The second-order valence-electron chi connectivity index (χ2n) is 2.97. The Balaban J connectivity index is 3.25. The Kier molecular flexibility index (Phi) is 3.96. The predicted octanol–water partition coefficient (Wildman–Crippen LogP) is 1.47. The summed E-state index contributed by atoms with van der Waals surface area (Å²) < 4.78 is 80.9. The second-order valence-corrected chi connectivity index (χ2v) is 6.96. The third-order valence-electron chi connectivity index (χ3n) is 1.65. The molecule has 11 heteroatoms. The van der Waals surface area contributed by atoms with E-state index in [4.69, 9.17) is 11.6 Å². The van der Waals surface area contributed by atoms with E-state index in [-0.39, 0.29) is 0 Å². The predicted molar refractivity (Wildman–Crippen MR) is 56.7 cm³/mol. The van der Waals surface area contributed by atoms with E-state index in [2.05, 4.69) is 0 Å². The van der Waals surface area contributed by atoms with Crippen molar-refractivity contribution in [2.45, 2.75) is 10.4 Å². The SMILES string of the molecule is O=S(=O)(NS(=O)(=O)C(F)(F)F)c1ccccc1Cl. The molecule has 0 atom stereocenters. The highest BCUT2D eigenvalue weighted by molar-refractivity contribution is 8.05. The van der Waals surface area contributed by atoms with Gasteiger partial charge in [0, 0.05) is 0 Å². The third kappa shape index (κ3) is 3.13. The Morgan fingerprint density at radius 1 is 1.06 bits per heavy atom. The maximum atomic E-state index is 12.0. The van der Waals surface area contributed by atoms with E-state index in [9.17, 15) is 30.0 Å². The molecule has 0 aliphatic rings. The number of hydrogen-bond acceptors (Lipinski definition) is 4. The van der Waals surface area contributed by atoms with Crippen LogP contribution in [0.25, 0.3) is 0 Å². The molecule has 0 saturated heterocycles. The van der Waals surface area contributed by atoms with Crippen LogP contribution < -0.4 is 4.13 Å². The highest BCUT2D eigenvalue weighted by Gasteiger charge is 2.48. The minimum Gasteiger partial charge on any atom is -0.206 e. The molecule has 0 aliphatic carbocycles. The third-order valence-corrected chi connectivity index (χ3v) is 5.39. The summed E-state index contributed by atoms with van der Waals surface area (Å²) in [5, 5.41) is -0.401. The number of halogens is 4. The van der Waals surface area contributed by atoms with Crippen LogP contribution in [0.2, 0.25) is 5.02 Å². The van der Waals surface area contributed by atoms with Gasteiger partial charge in [-0.2, -0.15) is 13.2 Å². The maximum Gasteiger partial charge on any atom is 0.512 e. The van der Waals surface area contributed by atoms with Gasteiger partial charge < -0.3 is 0 Å². The standard InChI is InChI=1S/C7H5ClF3NO4S2/c8-5-3-1-2-4-6(5)17(13,14)12-18(15,16)7(9,10)11/h1-4,12H. The average molecular weight is 324 g/mol. The molecule has 0 aliphatic heterocycles. The second kappa shape index (κ2) is 4.68. The largest absolute Gasteiger partial charge is 0.512 e. The summed E-state index contributed by atoms with van der Waals surface area (Å²) in [6.07, 6.45) is 0. The molecule has 18 heavy (non-hydrogen) atoms. The Labute approximate surface area is 106 Å². The average Bonchev–Trinajstić information content (AvgIpc) is 2.14. The number of alkyl halides is 3. The van der Waals surface area contributed by atoms with E-state index in [0.717, 1.165) is 12.1 Å². The molecule has 0 fully saturated rings. The van der Waals surface area contributed by atoms with Gasteiger partial charge >= 0.3 is 15.5 Å². The van der Waals surface area contributed by atoms with Crippen molar-refractivity contribution in [3.8, 4) is 0 Å². The molecule has 0 unspecified atom stereocenters. The summed E-state index contributed by atoms with van der Waals surface area (Å²) in [7, 11) is -10.9. The van der Waals surface area contributed by atoms with Gasteiger partial charge in [0.05, 0.1) is 5.02 Å². The molecule has 1 N–H and O–H groups in total. The molecule has 0 heterocycles. The van der Waals surface area contributed by atoms with Gasteiger partial charge in [-0.05, 0) is 12.1 Å². The van der Waals surface area contributed by atoms with Gasteiger partial charge in [0.2, 0.25) is 0 Å². The summed E-state index contributed by atoms with van der Waals surface area (Å²) in [6.45, 7) is 0. The van der Waals surface area contributed by atoms with Crippen LogP contribution >= 0.6 is 11.6 Å². The lowest BCUT2D eigenvalue weighted by atomic mass is 10.4. The molecule has 5 nitrogen and oxygen atoms in total. The van der Waals surface area contributed by atoms with Crippen LogP contribution in [0.15, 0.2) is 29.2 Å². The molecule has 0 amide bonds. The topological polar surface area (TPSA) is 80.3 Å². The van der Waals surface area contributed by atoms with Crippen molar-refractivity contribution in [3.05, 3.63) is 29.3 Å². The highest BCUT2D eigenvalue weighted by atomic mass is 35.5. The van der Waals surface area contributed by atoms with Crippen LogP contribution in [0.1, 0.15) is 0 Å². The number of rotatable bonds is 3. The molecule has 1 aromatic rings. The molecule has 0 aromatic heterocycles. The van der Waals surface area contributed by atoms with E-state index in [1.54, 1.807) is 0 Å². The first-order chi connectivity index (χ1) is 7.97. The minimum absolute atomic E-state index is 0.401. The van der Waals surface area contributed by atoms with Gasteiger partial charge in [0.25, 0.3) is 10.0 Å². The van der Waals surface area contributed by atoms with Crippen LogP contribution in [0.3, 0.4) is 0 Å². The lowest BCUT2D eigenvalue weighted by molar-refractivity contribution is -0.0441. The molecule has 0 radical (unpaired) electrons. The maximum absolute atomic E-state index is 12.0. The zero-order chi connectivity index (χ0) is 14.2. The summed E-state index contributed by atoms with van der Waals surface area (Å²) >= 11 is 5.46. The number of sulfonamides is 2. The van der Waals surface area contributed by atoms with Gasteiger partial charge in [-0.3, -0.25) is 0 Å². The summed E-state index contributed by atoms with van der Waals surface area (Å²) in [5.41, 5.74) is -5.73. The van der Waals surface area contributed by atoms with Gasteiger partial charge in [-0.15, -0.1) is 0 Å². The van der Waals surface area contributed by atoms with Crippen molar-refractivity contribution < 1.29 is 30.0 Å². The first-order valence-electron chi connectivity index (χ1n) is 4.07. The molecule has 1 rings (SSSR count). The normalized spacial score (nSPS) is 13.6. The lowest BCUT2D eigenvalue weighted by Gasteiger charge is -2.10. The van der Waals surface area contributed by atoms with E-state index in [0.29, 0.717) is 4.13 Å². The fourth-order valence-corrected chi connectivity index (χ4v) is 3.81. The lowest BCUT2D eigenvalue weighted by Crippen LogP contribution is -2.40. The first-order valence-corrected chi connectivity index (χ1v) is 7.41. The van der Waals surface area contributed by atoms with E-state index in [1.165, 1.54) is 12.1 Å². The van der Waals surface area contributed by atoms with Gasteiger partial charge in [-0.25, -0.2) is 16.8 Å². The Morgan fingerprint density at radius 3 is 2.00 bits per heavy atom. The van der Waals surface area contributed by atoms with Crippen LogP contribution in [0.5, 0.6) is 0 Å². The quantitative estimate of drug-likeness (QED) is 0.913. The van der Waals surface area contributed by atoms with E-state index < -0.39 is 35.5 Å². The molecule has 0 saturated carbocycles. The summed E-state index contributed by atoms with van der Waals surface area (Å²) in [4.78, 5) is -0.764. The van der Waals surface area contributed by atoms with Crippen LogP contribution in [0.4, 0.5) is 13.2 Å². The van der Waals surface area contributed by atoms with Crippen molar-refractivity contribution in [1.82, 2.24) is 4.13 Å². The van der Waals surface area contributed by atoms with Crippen molar-refractivity contribution in [2.75, 3.05) is 0 Å². The number of benzene rings is 1. The van der Waals surface area contributed by atoms with E-state index in [1.807, 2.05) is 0 Å². The molecular formula is C7H5ClF3NO4S2. The van der Waals surface area contributed by atoms with Gasteiger partial charge in [-0.1, -0.05) is 27.9 Å². The summed E-state index contributed by atoms with van der Waals surface area (Å²) in [6, 6.07) is 4.48. The van der Waals surface area contributed by atoms with E-state index >= 15 is 0 Å². The fraction of sp³-hybridized carbons (Fsp3) is 0.143. The molecule has 0 spiro atoms. The Morgan fingerprint density at radius 2 is 1.56 bits per heavy atom. The van der Waals surface area contributed by atoms with Crippen LogP contribution in [-0.2, 0) is 20.0 Å². The zero-order valence-electron chi connectivity index (χ0n) is 8.27. The van der Waals surface area contributed by atoms with Gasteiger partial charge in [0.15, 0.2) is 0 Å². The summed E-state index contributed by atoms with van der Waals surface area (Å²) in [5.74, 6) is 0. The molecule has 1 aromatic carbocycles. The highest BCUT2D eigenvalue weighted by Crippen LogP contribution is 2.25. The van der Waals surface area contributed by atoms with Crippen LogP contribution in [0, 0.1) is 0 Å². The molecular weight excluding hydrogens is 319 g/mol. The number of hydrogen-bond donors (Lipinski definition) is 1. The minimum atomic E-state index is -6.02. The fourth-order valence-electron chi connectivity index (χ4n) is 0.899. The van der Waals surface area contributed by atoms with Gasteiger partial charge in [0.1, 0.15) is 4.90 Å². The molecule has 102 valence electrons. The van der Waals surface area contributed by atoms with Crippen molar-refractivity contribution in [2.24, 2.45) is 0 Å². The monoisotopic (exact) mass is 323 g/mol. The molecule has 0 bridgehead atoms. The van der Waals surface area contributed by atoms with Crippen molar-refractivity contribution >= 4 is 31.6 Å². The van der Waals surface area contributed by atoms with Crippen molar-refractivity contribution in [3.63, 3.8) is 0 Å². The number of nitrogens with one attached hydrogen (secondary N) is 1. The Hall–Kier alpha value is -0.840. The first kappa shape index (κ1) is 15.2. The smallest absolute Gasteiger partial charge is 0.206 e. The van der Waals surface area contributed by atoms with Crippen LogP contribution in [-0.4, -0.2) is 22.3 Å². The zero-order valence-corrected chi connectivity index (χ0v) is 10.7. The Bertz CT molecular complexity index is 654.